The van der Waals surface area contributed by atoms with Gasteiger partial charge in [-0.2, -0.15) is 5.10 Å². The summed E-state index contributed by atoms with van der Waals surface area (Å²) in [6.45, 7) is 2.59. The molecule has 104 valence electrons. The molecule has 2 aromatic rings. The number of benzene rings is 1. The number of carbonyl (C=O) groups is 1. The van der Waals surface area contributed by atoms with Gasteiger partial charge in [-0.05, 0) is 49.9 Å². The standard InChI is InChI=1S/C15H16FN3O/c1-9-6-10(8-11(16)7-9)14-13(15(17)20)12-4-2-3-5-19(12)18-14/h6-8H,2-5H2,1H3,(H2,17,20). The van der Waals surface area contributed by atoms with Crippen LogP contribution in [0.5, 0.6) is 0 Å². The first-order valence-corrected chi connectivity index (χ1v) is 6.73. The van der Waals surface area contributed by atoms with Crippen molar-refractivity contribution in [2.75, 3.05) is 0 Å². The zero-order chi connectivity index (χ0) is 14.3. The summed E-state index contributed by atoms with van der Waals surface area (Å²) < 4.78 is 15.4. The molecule has 4 nitrogen and oxygen atoms in total. The van der Waals surface area contributed by atoms with E-state index in [1.807, 2.05) is 17.7 Å². The number of carbonyl (C=O) groups excluding carboxylic acids is 1. The Labute approximate surface area is 116 Å². The number of nitrogens with zero attached hydrogens (tertiary/aromatic N) is 2. The van der Waals surface area contributed by atoms with Crippen LogP contribution < -0.4 is 5.73 Å². The van der Waals surface area contributed by atoms with Crippen LogP contribution in [0.2, 0.25) is 0 Å². The average molecular weight is 273 g/mol. The SMILES string of the molecule is Cc1cc(F)cc(-c2nn3c(c2C(N)=O)CCCC3)c1. The molecule has 2 N–H and O–H groups in total. The largest absolute Gasteiger partial charge is 0.365 e. The van der Waals surface area contributed by atoms with Gasteiger partial charge in [-0.3, -0.25) is 9.48 Å². The number of rotatable bonds is 2. The van der Waals surface area contributed by atoms with Crippen molar-refractivity contribution in [3.05, 3.63) is 40.8 Å². The third-order valence-electron chi connectivity index (χ3n) is 3.65. The molecule has 5 heteroatoms. The van der Waals surface area contributed by atoms with Crippen molar-refractivity contribution in [1.82, 2.24) is 9.78 Å². The molecule has 0 fully saturated rings. The number of nitrogens with two attached hydrogens (primary N) is 1. The fourth-order valence-corrected chi connectivity index (χ4v) is 2.82. The van der Waals surface area contributed by atoms with Gasteiger partial charge in [-0.1, -0.05) is 0 Å². The van der Waals surface area contributed by atoms with E-state index in [0.29, 0.717) is 16.8 Å². The van der Waals surface area contributed by atoms with Crippen LogP contribution in [0.15, 0.2) is 18.2 Å². The van der Waals surface area contributed by atoms with Crippen LogP contribution >= 0.6 is 0 Å². The van der Waals surface area contributed by atoms with Crippen molar-refractivity contribution >= 4 is 5.91 Å². The highest BCUT2D eigenvalue weighted by Crippen LogP contribution is 2.29. The number of hydrogen-bond donors (Lipinski definition) is 1. The Morgan fingerprint density at radius 2 is 2.15 bits per heavy atom. The molecule has 1 amide bonds. The predicted molar refractivity (Wildman–Crippen MR) is 73.8 cm³/mol. The van der Waals surface area contributed by atoms with Crippen LogP contribution in [0.25, 0.3) is 11.3 Å². The highest BCUT2D eigenvalue weighted by molar-refractivity contribution is 6.00. The molecular weight excluding hydrogens is 257 g/mol. The van der Waals surface area contributed by atoms with Crippen molar-refractivity contribution in [1.29, 1.82) is 0 Å². The topological polar surface area (TPSA) is 60.9 Å². The first kappa shape index (κ1) is 12.8. The smallest absolute Gasteiger partial charge is 0.252 e. The monoisotopic (exact) mass is 273 g/mol. The molecule has 0 saturated heterocycles. The van der Waals surface area contributed by atoms with E-state index in [9.17, 15) is 9.18 Å². The third-order valence-corrected chi connectivity index (χ3v) is 3.65. The minimum absolute atomic E-state index is 0.332. The zero-order valence-corrected chi connectivity index (χ0v) is 11.3. The summed E-state index contributed by atoms with van der Waals surface area (Å²) in [5.41, 5.74) is 8.73. The van der Waals surface area contributed by atoms with E-state index in [4.69, 9.17) is 5.73 Å². The fourth-order valence-electron chi connectivity index (χ4n) is 2.82. The molecule has 1 aliphatic rings. The molecule has 0 unspecified atom stereocenters. The normalized spacial score (nSPS) is 14.1. The number of aromatic nitrogens is 2. The predicted octanol–water partition coefficient (Wildman–Crippen LogP) is 2.43. The molecule has 0 bridgehead atoms. The van der Waals surface area contributed by atoms with Gasteiger partial charge >= 0.3 is 0 Å². The molecule has 0 radical (unpaired) electrons. The van der Waals surface area contributed by atoms with Crippen LogP contribution in [0.3, 0.4) is 0 Å². The lowest BCUT2D eigenvalue weighted by molar-refractivity contribution is 0.0999. The summed E-state index contributed by atoms with van der Waals surface area (Å²) >= 11 is 0. The Hall–Kier alpha value is -2.17. The summed E-state index contributed by atoms with van der Waals surface area (Å²) in [5, 5.41) is 4.47. The van der Waals surface area contributed by atoms with E-state index in [2.05, 4.69) is 5.10 Å². The van der Waals surface area contributed by atoms with Crippen LogP contribution in [0.1, 0.15) is 34.5 Å². The second-order valence-electron chi connectivity index (χ2n) is 5.23. The Bertz CT molecular complexity index is 670. The molecule has 2 heterocycles. The molecule has 1 aromatic carbocycles. The molecule has 20 heavy (non-hydrogen) atoms. The number of halogens is 1. The molecule has 3 rings (SSSR count). The van der Waals surface area contributed by atoms with Gasteiger partial charge in [0.1, 0.15) is 11.5 Å². The molecule has 0 atom stereocenters. The molecule has 0 spiro atoms. The number of aryl methyl sites for hydroxylation is 2. The lowest BCUT2D eigenvalue weighted by Crippen LogP contribution is -2.17. The van der Waals surface area contributed by atoms with Crippen molar-refractivity contribution in [3.63, 3.8) is 0 Å². The maximum Gasteiger partial charge on any atom is 0.252 e. The number of fused-ring (bicyclic) bond motifs is 1. The van der Waals surface area contributed by atoms with Crippen molar-refractivity contribution in [2.24, 2.45) is 5.73 Å². The van der Waals surface area contributed by atoms with Gasteiger partial charge in [0.15, 0.2) is 0 Å². The van der Waals surface area contributed by atoms with Gasteiger partial charge in [-0.25, -0.2) is 4.39 Å². The lowest BCUT2D eigenvalue weighted by Gasteiger charge is -2.13. The second kappa shape index (κ2) is 4.74. The van der Waals surface area contributed by atoms with E-state index in [1.165, 1.54) is 12.1 Å². The summed E-state index contributed by atoms with van der Waals surface area (Å²) in [7, 11) is 0. The van der Waals surface area contributed by atoms with Gasteiger partial charge in [0.25, 0.3) is 5.91 Å². The number of amides is 1. The van der Waals surface area contributed by atoms with Crippen LogP contribution in [-0.4, -0.2) is 15.7 Å². The van der Waals surface area contributed by atoms with Crippen molar-refractivity contribution in [2.45, 2.75) is 32.7 Å². The minimum Gasteiger partial charge on any atom is -0.365 e. The summed E-state index contributed by atoms with van der Waals surface area (Å²) in [5.74, 6) is -0.827. The number of hydrogen-bond acceptors (Lipinski definition) is 2. The summed E-state index contributed by atoms with van der Waals surface area (Å²) in [6, 6.07) is 4.67. The average Bonchev–Trinajstić information content (AvgIpc) is 2.76. The molecule has 1 aromatic heterocycles. The van der Waals surface area contributed by atoms with Crippen LogP contribution in [0.4, 0.5) is 4.39 Å². The lowest BCUT2D eigenvalue weighted by atomic mass is 10.00. The Morgan fingerprint density at radius 3 is 2.85 bits per heavy atom. The highest BCUT2D eigenvalue weighted by Gasteiger charge is 2.24. The third kappa shape index (κ3) is 2.09. The molecular formula is C15H16FN3O. The van der Waals surface area contributed by atoms with Crippen LogP contribution in [-0.2, 0) is 13.0 Å². The highest BCUT2D eigenvalue weighted by atomic mass is 19.1. The Morgan fingerprint density at radius 1 is 1.35 bits per heavy atom. The first-order chi connectivity index (χ1) is 9.56. The van der Waals surface area contributed by atoms with Gasteiger partial charge in [0.05, 0.1) is 11.3 Å². The van der Waals surface area contributed by atoms with E-state index in [-0.39, 0.29) is 5.82 Å². The van der Waals surface area contributed by atoms with Gasteiger partial charge in [0.2, 0.25) is 0 Å². The van der Waals surface area contributed by atoms with Gasteiger partial charge in [-0.15, -0.1) is 0 Å². The maximum absolute atomic E-state index is 13.6. The first-order valence-electron chi connectivity index (χ1n) is 6.73. The number of primary amides is 1. The van der Waals surface area contributed by atoms with E-state index >= 15 is 0 Å². The minimum atomic E-state index is -0.495. The van der Waals surface area contributed by atoms with E-state index in [1.54, 1.807) is 0 Å². The maximum atomic E-state index is 13.6. The fraction of sp³-hybridized carbons (Fsp3) is 0.333. The summed E-state index contributed by atoms with van der Waals surface area (Å²) in [6.07, 6.45) is 2.85. The zero-order valence-electron chi connectivity index (χ0n) is 11.3. The quantitative estimate of drug-likeness (QED) is 0.913. The molecule has 1 aliphatic heterocycles. The van der Waals surface area contributed by atoms with E-state index < -0.39 is 5.91 Å². The Balaban J connectivity index is 2.22. The van der Waals surface area contributed by atoms with Gasteiger partial charge < -0.3 is 5.73 Å². The second-order valence-corrected chi connectivity index (χ2v) is 5.23. The van der Waals surface area contributed by atoms with Gasteiger partial charge in [0, 0.05) is 12.1 Å². The van der Waals surface area contributed by atoms with E-state index in [0.717, 1.165) is 37.1 Å². The van der Waals surface area contributed by atoms with Crippen molar-refractivity contribution < 1.29 is 9.18 Å². The van der Waals surface area contributed by atoms with Crippen molar-refractivity contribution in [3.8, 4) is 11.3 Å². The molecule has 0 saturated carbocycles. The summed E-state index contributed by atoms with van der Waals surface area (Å²) in [4.78, 5) is 11.8. The van der Waals surface area contributed by atoms with Crippen LogP contribution in [0, 0.1) is 12.7 Å². The molecule has 0 aliphatic carbocycles. The Kier molecular flexibility index (Phi) is 3.04.